The highest BCUT2D eigenvalue weighted by Gasteiger charge is 2.22. The molecule has 0 amide bonds. The van der Waals surface area contributed by atoms with Crippen molar-refractivity contribution in [1.82, 2.24) is 19.9 Å². The molecule has 2 N–H and O–H groups in total. The Balaban J connectivity index is 1.69. The number of likely N-dealkylation sites (tertiary alicyclic amines) is 1. The minimum Gasteiger partial charge on any atom is -0.373 e. The molecule has 0 aromatic carbocycles. The molecule has 0 bridgehead atoms. The second-order valence-electron chi connectivity index (χ2n) is 5.77. The van der Waals surface area contributed by atoms with Crippen molar-refractivity contribution in [3.05, 3.63) is 41.6 Å². The predicted molar refractivity (Wildman–Crippen MR) is 84.4 cm³/mol. The first-order valence-electron chi connectivity index (χ1n) is 7.61. The number of imidazole rings is 1. The Morgan fingerprint density at radius 1 is 1.43 bits per heavy atom. The summed E-state index contributed by atoms with van der Waals surface area (Å²) in [5.74, 6) is 1.54. The molecule has 1 aliphatic rings. The van der Waals surface area contributed by atoms with Gasteiger partial charge in [-0.3, -0.25) is 4.90 Å². The first-order valence-corrected chi connectivity index (χ1v) is 7.61. The van der Waals surface area contributed by atoms with Crippen LogP contribution in [-0.4, -0.2) is 40.0 Å². The van der Waals surface area contributed by atoms with Crippen molar-refractivity contribution >= 4 is 5.82 Å². The predicted octanol–water partition coefficient (Wildman–Crippen LogP) is 2.53. The third-order valence-electron chi connectivity index (χ3n) is 4.32. The molecule has 2 aromatic heterocycles. The number of nitrogens with one attached hydrogen (secondary N) is 2. The van der Waals surface area contributed by atoms with E-state index >= 15 is 0 Å². The van der Waals surface area contributed by atoms with Gasteiger partial charge in [-0.05, 0) is 49.9 Å². The van der Waals surface area contributed by atoms with Crippen molar-refractivity contribution < 1.29 is 0 Å². The van der Waals surface area contributed by atoms with Crippen molar-refractivity contribution in [2.45, 2.75) is 32.2 Å². The number of pyridine rings is 1. The van der Waals surface area contributed by atoms with E-state index in [-0.39, 0.29) is 0 Å². The molecule has 3 rings (SSSR count). The van der Waals surface area contributed by atoms with Crippen molar-refractivity contribution in [2.75, 3.05) is 25.5 Å². The van der Waals surface area contributed by atoms with Gasteiger partial charge in [-0.2, -0.15) is 0 Å². The van der Waals surface area contributed by atoms with Gasteiger partial charge in [-0.1, -0.05) is 0 Å². The molecule has 1 saturated heterocycles. The molecule has 0 saturated carbocycles. The van der Waals surface area contributed by atoms with Crippen LogP contribution in [0.15, 0.2) is 24.7 Å². The van der Waals surface area contributed by atoms with E-state index in [1.807, 2.05) is 13.2 Å². The summed E-state index contributed by atoms with van der Waals surface area (Å²) in [6.07, 6.45) is 6.18. The van der Waals surface area contributed by atoms with Crippen LogP contribution in [-0.2, 0) is 6.54 Å². The van der Waals surface area contributed by atoms with Gasteiger partial charge >= 0.3 is 0 Å². The van der Waals surface area contributed by atoms with Crippen molar-refractivity contribution in [1.29, 1.82) is 0 Å². The third-order valence-corrected chi connectivity index (χ3v) is 4.32. The number of nitrogens with zero attached hydrogens (tertiary/aromatic N) is 3. The van der Waals surface area contributed by atoms with Crippen LogP contribution in [0.1, 0.15) is 35.7 Å². The molecule has 5 nitrogen and oxygen atoms in total. The Morgan fingerprint density at radius 2 is 2.33 bits per heavy atom. The van der Waals surface area contributed by atoms with Crippen LogP contribution in [0.25, 0.3) is 0 Å². The van der Waals surface area contributed by atoms with Gasteiger partial charge in [0, 0.05) is 32.0 Å². The minimum atomic E-state index is 0.591. The topological polar surface area (TPSA) is 56.8 Å². The molecule has 1 unspecified atom stereocenters. The smallest absolute Gasteiger partial charge is 0.125 e. The zero-order chi connectivity index (χ0) is 14.7. The van der Waals surface area contributed by atoms with Gasteiger partial charge in [0.05, 0.1) is 12.0 Å². The molecular weight excluding hydrogens is 262 g/mol. The van der Waals surface area contributed by atoms with Gasteiger partial charge < -0.3 is 10.3 Å². The van der Waals surface area contributed by atoms with E-state index in [0.29, 0.717) is 5.92 Å². The lowest BCUT2D eigenvalue weighted by molar-refractivity contribution is 0.198. The summed E-state index contributed by atoms with van der Waals surface area (Å²) in [6.45, 7) is 5.29. The van der Waals surface area contributed by atoms with Crippen molar-refractivity contribution in [2.24, 2.45) is 0 Å². The summed E-state index contributed by atoms with van der Waals surface area (Å²) < 4.78 is 0. The highest BCUT2D eigenvalue weighted by Crippen LogP contribution is 2.28. The molecule has 0 spiro atoms. The van der Waals surface area contributed by atoms with Crippen molar-refractivity contribution in [3.8, 4) is 0 Å². The first-order chi connectivity index (χ1) is 10.3. The molecule has 1 atom stereocenters. The quantitative estimate of drug-likeness (QED) is 0.906. The van der Waals surface area contributed by atoms with Crippen LogP contribution in [0.5, 0.6) is 0 Å². The second-order valence-corrected chi connectivity index (χ2v) is 5.77. The fraction of sp³-hybridized carbons (Fsp3) is 0.500. The van der Waals surface area contributed by atoms with Gasteiger partial charge in [0.1, 0.15) is 5.82 Å². The maximum atomic E-state index is 4.42. The number of aromatic nitrogens is 3. The summed E-state index contributed by atoms with van der Waals surface area (Å²) in [6, 6.07) is 4.32. The maximum Gasteiger partial charge on any atom is 0.125 e. The minimum absolute atomic E-state index is 0.591. The number of hydrogen-bond donors (Lipinski definition) is 2. The van der Waals surface area contributed by atoms with E-state index in [1.165, 1.54) is 29.8 Å². The fourth-order valence-electron chi connectivity index (χ4n) is 3.07. The Labute approximate surface area is 125 Å². The molecular formula is C16H23N5. The highest BCUT2D eigenvalue weighted by molar-refractivity contribution is 5.38. The van der Waals surface area contributed by atoms with Crippen LogP contribution in [0, 0.1) is 6.92 Å². The molecule has 1 fully saturated rings. The van der Waals surface area contributed by atoms with Crippen LogP contribution in [0.2, 0.25) is 0 Å². The largest absolute Gasteiger partial charge is 0.373 e. The summed E-state index contributed by atoms with van der Waals surface area (Å²) in [4.78, 5) is 14.4. The lowest BCUT2D eigenvalue weighted by atomic mass is 9.91. The standard InChI is InChI=1S/C16H23N5/c1-12-15(20-11-19-12)10-21-7-3-4-14(9-21)13-5-6-18-16(8-13)17-2/h5-6,8,11,14H,3-4,7,9-10H2,1-2H3,(H,17,18)(H,19,20). The maximum absolute atomic E-state index is 4.42. The molecule has 0 radical (unpaired) electrons. The van der Waals surface area contributed by atoms with Crippen LogP contribution in [0.4, 0.5) is 5.82 Å². The van der Waals surface area contributed by atoms with Crippen LogP contribution >= 0.6 is 0 Å². The average molecular weight is 285 g/mol. The second kappa shape index (κ2) is 6.26. The Morgan fingerprint density at radius 3 is 3.10 bits per heavy atom. The van der Waals surface area contributed by atoms with E-state index in [4.69, 9.17) is 0 Å². The van der Waals surface area contributed by atoms with E-state index in [2.05, 4.69) is 44.2 Å². The number of aryl methyl sites for hydroxylation is 1. The van der Waals surface area contributed by atoms with Gasteiger partial charge in [0.25, 0.3) is 0 Å². The molecule has 112 valence electrons. The molecule has 5 heteroatoms. The summed E-state index contributed by atoms with van der Waals surface area (Å²) in [5.41, 5.74) is 3.73. The van der Waals surface area contributed by atoms with Gasteiger partial charge in [-0.15, -0.1) is 0 Å². The normalized spacial score (nSPS) is 19.6. The van der Waals surface area contributed by atoms with E-state index < -0.39 is 0 Å². The monoisotopic (exact) mass is 285 g/mol. The number of piperidine rings is 1. The third kappa shape index (κ3) is 3.24. The van der Waals surface area contributed by atoms with Crippen LogP contribution in [0.3, 0.4) is 0 Å². The number of anilines is 1. The lowest BCUT2D eigenvalue weighted by Crippen LogP contribution is -2.34. The Hall–Kier alpha value is -1.88. The highest BCUT2D eigenvalue weighted by atomic mass is 15.1. The zero-order valence-corrected chi connectivity index (χ0v) is 12.8. The van der Waals surface area contributed by atoms with Gasteiger partial charge in [0.15, 0.2) is 0 Å². The molecule has 21 heavy (non-hydrogen) atoms. The van der Waals surface area contributed by atoms with Gasteiger partial charge in [-0.25, -0.2) is 9.97 Å². The summed E-state index contributed by atoms with van der Waals surface area (Å²) in [7, 11) is 1.92. The number of aromatic amines is 1. The average Bonchev–Trinajstić information content (AvgIpc) is 2.93. The Kier molecular flexibility index (Phi) is 4.20. The van der Waals surface area contributed by atoms with Gasteiger partial charge in [0.2, 0.25) is 0 Å². The van der Waals surface area contributed by atoms with Crippen LogP contribution < -0.4 is 5.32 Å². The van der Waals surface area contributed by atoms with E-state index in [1.54, 1.807) is 6.33 Å². The van der Waals surface area contributed by atoms with E-state index in [9.17, 15) is 0 Å². The molecule has 3 heterocycles. The summed E-state index contributed by atoms with van der Waals surface area (Å²) in [5, 5.41) is 3.12. The van der Waals surface area contributed by atoms with Crippen molar-refractivity contribution in [3.63, 3.8) is 0 Å². The zero-order valence-electron chi connectivity index (χ0n) is 12.8. The number of hydrogen-bond acceptors (Lipinski definition) is 4. The molecule has 2 aromatic rings. The molecule has 0 aliphatic carbocycles. The fourth-order valence-corrected chi connectivity index (χ4v) is 3.07. The first kappa shape index (κ1) is 14.1. The Bertz CT molecular complexity index is 592. The summed E-state index contributed by atoms with van der Waals surface area (Å²) >= 11 is 0. The SMILES string of the molecule is CNc1cc(C2CCCN(Cc3nc[nH]c3C)C2)ccn1. The van der Waals surface area contributed by atoms with E-state index in [0.717, 1.165) is 25.5 Å². The number of H-pyrrole nitrogens is 1. The number of rotatable bonds is 4. The molecule has 1 aliphatic heterocycles. The lowest BCUT2D eigenvalue weighted by Gasteiger charge is -2.32.